The van der Waals surface area contributed by atoms with E-state index in [4.69, 9.17) is 4.74 Å². The third-order valence-corrected chi connectivity index (χ3v) is 2.40. The van der Waals surface area contributed by atoms with Crippen molar-refractivity contribution >= 4 is 16.9 Å². The molecule has 0 fully saturated rings. The molecule has 0 aliphatic heterocycles. The molecular weight excluding hydrogens is 221 g/mol. The molecule has 0 saturated carbocycles. The molecule has 0 N–H and O–H groups in total. The second kappa shape index (κ2) is 4.57. The lowest BCUT2D eigenvalue weighted by molar-refractivity contribution is -0.148. The number of hydrogen-bond acceptors (Lipinski definition) is 2. The summed E-state index contributed by atoms with van der Waals surface area (Å²) in [5.41, 5.74) is 0.700. The van der Waals surface area contributed by atoms with Crippen molar-refractivity contribution in [1.29, 1.82) is 0 Å². The number of fused-ring (bicyclic) bond motifs is 1. The van der Waals surface area contributed by atoms with Gasteiger partial charge in [-0.05, 0) is 43.5 Å². The highest BCUT2D eigenvalue weighted by Crippen LogP contribution is 2.17. The van der Waals surface area contributed by atoms with E-state index < -0.39 is 0 Å². The number of benzene rings is 1. The first-order chi connectivity index (χ1) is 8.06. The van der Waals surface area contributed by atoms with Crippen LogP contribution in [0.3, 0.4) is 0 Å². The van der Waals surface area contributed by atoms with Crippen LogP contribution in [0.2, 0.25) is 0 Å². The van der Waals surface area contributed by atoms with E-state index in [2.05, 4.69) is 0 Å². The summed E-state index contributed by atoms with van der Waals surface area (Å²) < 4.78 is 19.8. The Morgan fingerprint density at radius 3 is 2.88 bits per heavy atom. The van der Waals surface area contributed by atoms with Gasteiger partial charge in [-0.15, -0.1) is 0 Å². The maximum Gasteiger partial charge on any atom is 0.326 e. The fraction of sp³-hybridized carbons (Fsp3) is 0.308. The first kappa shape index (κ1) is 11.6. The largest absolute Gasteiger partial charge is 0.462 e. The van der Waals surface area contributed by atoms with Gasteiger partial charge in [0.15, 0.2) is 0 Å². The Morgan fingerprint density at radius 1 is 1.41 bits per heavy atom. The average molecular weight is 235 g/mol. The van der Waals surface area contributed by atoms with Gasteiger partial charge in [-0.3, -0.25) is 4.79 Å². The van der Waals surface area contributed by atoms with Crippen molar-refractivity contribution in [3.8, 4) is 0 Å². The van der Waals surface area contributed by atoms with Gasteiger partial charge in [-0.25, -0.2) is 4.39 Å². The average Bonchev–Trinajstić information content (AvgIpc) is 2.60. The first-order valence-electron chi connectivity index (χ1n) is 5.50. The third-order valence-electron chi connectivity index (χ3n) is 2.40. The summed E-state index contributed by atoms with van der Waals surface area (Å²) in [5.74, 6) is -0.628. The van der Waals surface area contributed by atoms with Crippen LogP contribution >= 0.6 is 0 Å². The number of ether oxygens (including phenoxy) is 1. The van der Waals surface area contributed by atoms with Crippen molar-refractivity contribution in [2.45, 2.75) is 26.5 Å². The monoisotopic (exact) mass is 235 g/mol. The lowest BCUT2D eigenvalue weighted by Crippen LogP contribution is -2.16. The number of hydrogen-bond donors (Lipinski definition) is 0. The van der Waals surface area contributed by atoms with Gasteiger partial charge >= 0.3 is 5.97 Å². The van der Waals surface area contributed by atoms with Gasteiger partial charge in [-0.1, -0.05) is 0 Å². The van der Waals surface area contributed by atoms with E-state index in [0.29, 0.717) is 5.52 Å². The highest BCUT2D eigenvalue weighted by atomic mass is 19.1. The summed E-state index contributed by atoms with van der Waals surface area (Å²) in [6, 6.07) is 6.35. The van der Waals surface area contributed by atoms with Crippen molar-refractivity contribution in [3.05, 3.63) is 36.3 Å². The van der Waals surface area contributed by atoms with E-state index >= 15 is 0 Å². The fourth-order valence-electron chi connectivity index (χ4n) is 1.73. The van der Waals surface area contributed by atoms with Gasteiger partial charge in [0, 0.05) is 6.20 Å². The van der Waals surface area contributed by atoms with E-state index in [1.807, 2.05) is 6.07 Å². The summed E-state index contributed by atoms with van der Waals surface area (Å²) in [6.07, 6.45) is 1.62. The van der Waals surface area contributed by atoms with E-state index in [1.165, 1.54) is 12.1 Å². The molecule has 90 valence electrons. The van der Waals surface area contributed by atoms with Gasteiger partial charge in [0.1, 0.15) is 12.4 Å². The molecule has 0 aliphatic carbocycles. The van der Waals surface area contributed by atoms with Crippen LogP contribution in [-0.2, 0) is 16.1 Å². The van der Waals surface area contributed by atoms with E-state index in [-0.39, 0.29) is 24.4 Å². The zero-order chi connectivity index (χ0) is 12.4. The molecular formula is C13H14FNO2. The minimum atomic E-state index is -0.318. The molecule has 17 heavy (non-hydrogen) atoms. The van der Waals surface area contributed by atoms with Gasteiger partial charge in [0.05, 0.1) is 11.6 Å². The van der Waals surface area contributed by atoms with Gasteiger partial charge in [0.25, 0.3) is 0 Å². The molecule has 3 nitrogen and oxygen atoms in total. The minimum absolute atomic E-state index is 0.102. The smallest absolute Gasteiger partial charge is 0.326 e. The summed E-state index contributed by atoms with van der Waals surface area (Å²) in [6.45, 7) is 3.70. The van der Waals surface area contributed by atoms with Crippen LogP contribution < -0.4 is 0 Å². The molecule has 0 atom stereocenters. The van der Waals surface area contributed by atoms with Crippen molar-refractivity contribution in [3.63, 3.8) is 0 Å². The molecule has 0 spiro atoms. The Hall–Kier alpha value is -1.84. The minimum Gasteiger partial charge on any atom is -0.462 e. The van der Waals surface area contributed by atoms with Crippen LogP contribution in [0.5, 0.6) is 0 Å². The van der Waals surface area contributed by atoms with Crippen molar-refractivity contribution in [2.24, 2.45) is 0 Å². The Bertz CT molecular complexity index is 545. The summed E-state index contributed by atoms with van der Waals surface area (Å²) in [5, 5.41) is 0.906. The molecule has 1 aromatic heterocycles. The Labute approximate surface area is 98.8 Å². The summed E-state index contributed by atoms with van der Waals surface area (Å²) in [7, 11) is 0. The molecule has 0 amide bonds. The van der Waals surface area contributed by atoms with Crippen LogP contribution in [0.15, 0.2) is 30.5 Å². The summed E-state index contributed by atoms with van der Waals surface area (Å²) in [4.78, 5) is 11.5. The standard InChI is InChI=1S/C13H14FNO2/c1-9(2)17-13(16)8-15-6-5-10-3-4-11(14)7-12(10)15/h3-7,9H,8H2,1-2H3. The maximum atomic E-state index is 13.1. The molecule has 1 aromatic carbocycles. The van der Waals surface area contributed by atoms with Gasteiger partial charge in [0.2, 0.25) is 0 Å². The molecule has 0 radical (unpaired) electrons. The molecule has 0 bridgehead atoms. The summed E-state index contributed by atoms with van der Waals surface area (Å²) >= 11 is 0. The van der Waals surface area contributed by atoms with Crippen molar-refractivity contribution in [1.82, 2.24) is 4.57 Å². The normalized spacial score (nSPS) is 11.1. The van der Waals surface area contributed by atoms with E-state index in [0.717, 1.165) is 5.39 Å². The topological polar surface area (TPSA) is 31.2 Å². The lowest BCUT2D eigenvalue weighted by atomic mass is 10.2. The Balaban J connectivity index is 2.24. The van der Waals surface area contributed by atoms with Crippen molar-refractivity contribution in [2.75, 3.05) is 0 Å². The number of nitrogens with zero attached hydrogens (tertiary/aromatic N) is 1. The van der Waals surface area contributed by atoms with E-state index in [1.54, 1.807) is 30.7 Å². The second-order valence-electron chi connectivity index (χ2n) is 4.19. The predicted molar refractivity (Wildman–Crippen MR) is 63.1 cm³/mol. The van der Waals surface area contributed by atoms with Crippen molar-refractivity contribution < 1.29 is 13.9 Å². The van der Waals surface area contributed by atoms with Gasteiger partial charge in [-0.2, -0.15) is 0 Å². The number of rotatable bonds is 3. The second-order valence-corrected chi connectivity index (χ2v) is 4.19. The van der Waals surface area contributed by atoms with Crippen LogP contribution in [0, 0.1) is 5.82 Å². The molecule has 0 unspecified atom stereocenters. The Kier molecular flexibility index (Phi) is 3.13. The molecule has 2 aromatic rings. The zero-order valence-corrected chi connectivity index (χ0v) is 9.81. The van der Waals surface area contributed by atoms with Crippen LogP contribution in [-0.4, -0.2) is 16.6 Å². The van der Waals surface area contributed by atoms with Crippen LogP contribution in [0.25, 0.3) is 10.9 Å². The fourth-order valence-corrected chi connectivity index (χ4v) is 1.73. The first-order valence-corrected chi connectivity index (χ1v) is 5.50. The maximum absolute atomic E-state index is 13.1. The van der Waals surface area contributed by atoms with E-state index in [9.17, 15) is 9.18 Å². The number of carbonyl (C=O) groups is 1. The Morgan fingerprint density at radius 2 is 2.18 bits per heavy atom. The highest BCUT2D eigenvalue weighted by Gasteiger charge is 2.09. The third kappa shape index (κ3) is 2.64. The number of carbonyl (C=O) groups excluding carboxylic acids is 1. The number of esters is 1. The molecule has 0 aliphatic rings. The molecule has 0 saturated heterocycles. The van der Waals surface area contributed by atoms with Crippen LogP contribution in [0.4, 0.5) is 4.39 Å². The predicted octanol–water partition coefficient (Wildman–Crippen LogP) is 2.73. The zero-order valence-electron chi connectivity index (χ0n) is 9.81. The number of halogens is 1. The van der Waals surface area contributed by atoms with Gasteiger partial charge < -0.3 is 9.30 Å². The quantitative estimate of drug-likeness (QED) is 0.766. The lowest BCUT2D eigenvalue weighted by Gasteiger charge is -2.09. The SMILES string of the molecule is CC(C)OC(=O)Cn1ccc2ccc(F)cc21. The highest BCUT2D eigenvalue weighted by molar-refractivity contribution is 5.82. The molecule has 4 heteroatoms. The van der Waals surface area contributed by atoms with Crippen LogP contribution in [0.1, 0.15) is 13.8 Å². The number of aromatic nitrogens is 1. The molecule has 1 heterocycles. The molecule has 2 rings (SSSR count).